The van der Waals surface area contributed by atoms with Crippen LogP contribution in [0.1, 0.15) is 37.2 Å². The fourth-order valence-corrected chi connectivity index (χ4v) is 3.65. The van der Waals surface area contributed by atoms with Gasteiger partial charge in [0.05, 0.1) is 6.04 Å². The second-order valence-corrected chi connectivity index (χ2v) is 7.39. The highest BCUT2D eigenvalue weighted by Gasteiger charge is 2.38. The molecule has 158 valence electrons. The van der Waals surface area contributed by atoms with Gasteiger partial charge in [0.2, 0.25) is 5.91 Å². The Bertz CT molecular complexity index is 1030. The molecule has 10 heteroatoms. The molecular formula is C20H21F3N6O. The van der Waals surface area contributed by atoms with Crippen molar-refractivity contribution in [1.82, 2.24) is 25.1 Å². The minimum Gasteiger partial charge on any atom is -0.355 e. The monoisotopic (exact) mass is 418 g/mol. The first-order valence-electron chi connectivity index (χ1n) is 9.73. The van der Waals surface area contributed by atoms with E-state index in [1.54, 1.807) is 6.07 Å². The molecule has 7 nitrogen and oxygen atoms in total. The number of amides is 1. The van der Waals surface area contributed by atoms with E-state index in [2.05, 4.69) is 20.6 Å². The summed E-state index contributed by atoms with van der Waals surface area (Å²) in [4.78, 5) is 14.5. The van der Waals surface area contributed by atoms with Crippen molar-refractivity contribution in [2.75, 3.05) is 18.0 Å². The molecule has 0 spiro atoms. The summed E-state index contributed by atoms with van der Waals surface area (Å²) in [5.41, 5.74) is 1.07. The quantitative estimate of drug-likeness (QED) is 0.704. The number of nitrogens with zero attached hydrogens (tertiary/aromatic N) is 5. The van der Waals surface area contributed by atoms with Crippen LogP contribution in [0.3, 0.4) is 0 Å². The molecule has 1 amide bonds. The van der Waals surface area contributed by atoms with Gasteiger partial charge in [-0.25, -0.2) is 0 Å². The van der Waals surface area contributed by atoms with Crippen molar-refractivity contribution < 1.29 is 18.0 Å². The standard InChI is InChI=1S/C20H21F3N6O/c1-13(14-5-3-2-4-6-14)24-18(30)15-9-11-28(12-10-15)17-8-7-16-25-26-19(20(21,22)23)29(16)27-17/h2-8,13,15H,9-12H2,1H3,(H,24,30)/t13-/m1/s1. The first-order chi connectivity index (χ1) is 14.3. The molecule has 3 heterocycles. The van der Waals surface area contributed by atoms with Gasteiger partial charge in [0.25, 0.3) is 5.82 Å². The predicted octanol–water partition coefficient (Wildman–Crippen LogP) is 3.24. The largest absolute Gasteiger partial charge is 0.453 e. The van der Waals surface area contributed by atoms with E-state index in [-0.39, 0.29) is 23.5 Å². The van der Waals surface area contributed by atoms with Gasteiger partial charge in [-0.2, -0.15) is 17.7 Å². The van der Waals surface area contributed by atoms with E-state index in [1.165, 1.54) is 6.07 Å². The van der Waals surface area contributed by atoms with E-state index in [4.69, 9.17) is 0 Å². The average Bonchev–Trinajstić information content (AvgIpc) is 3.18. The van der Waals surface area contributed by atoms with Crippen LogP contribution in [0.2, 0.25) is 0 Å². The molecule has 1 aliphatic heterocycles. The summed E-state index contributed by atoms with van der Waals surface area (Å²) in [6, 6.07) is 12.7. The Morgan fingerprint density at radius 2 is 1.80 bits per heavy atom. The smallest absolute Gasteiger partial charge is 0.355 e. The van der Waals surface area contributed by atoms with Crippen LogP contribution < -0.4 is 10.2 Å². The van der Waals surface area contributed by atoms with Crippen molar-refractivity contribution in [3.05, 3.63) is 53.9 Å². The average molecular weight is 418 g/mol. The SMILES string of the molecule is C[C@@H](NC(=O)C1CCN(c2ccc3nnc(C(F)(F)F)n3n2)CC1)c1ccccc1. The van der Waals surface area contributed by atoms with Gasteiger partial charge in [0, 0.05) is 19.0 Å². The van der Waals surface area contributed by atoms with Crippen LogP contribution in [-0.4, -0.2) is 38.8 Å². The maximum Gasteiger partial charge on any atom is 0.453 e. The Balaban J connectivity index is 1.40. The summed E-state index contributed by atoms with van der Waals surface area (Å²) in [6.07, 6.45) is -3.44. The molecule has 1 saturated heterocycles. The summed E-state index contributed by atoms with van der Waals surface area (Å²) in [5.74, 6) is -0.891. The molecule has 0 bridgehead atoms. The number of alkyl halides is 3. The molecule has 1 aromatic carbocycles. The zero-order chi connectivity index (χ0) is 21.3. The molecule has 3 aromatic rings. The van der Waals surface area contributed by atoms with E-state index in [1.807, 2.05) is 42.2 Å². The first-order valence-corrected chi connectivity index (χ1v) is 9.73. The Labute approximate surface area is 170 Å². The highest BCUT2D eigenvalue weighted by Crippen LogP contribution is 2.29. The zero-order valence-corrected chi connectivity index (χ0v) is 16.3. The third-order valence-corrected chi connectivity index (χ3v) is 5.35. The number of aromatic nitrogens is 4. The summed E-state index contributed by atoms with van der Waals surface area (Å²) in [6.45, 7) is 3.00. The number of nitrogens with one attached hydrogen (secondary N) is 1. The van der Waals surface area contributed by atoms with Crippen LogP contribution in [0.25, 0.3) is 5.65 Å². The highest BCUT2D eigenvalue weighted by atomic mass is 19.4. The number of halogens is 3. The second kappa shape index (κ2) is 7.92. The number of anilines is 1. The third kappa shape index (κ3) is 4.07. The lowest BCUT2D eigenvalue weighted by Gasteiger charge is -2.32. The fourth-order valence-electron chi connectivity index (χ4n) is 3.65. The Morgan fingerprint density at radius 3 is 2.47 bits per heavy atom. The van der Waals surface area contributed by atoms with Gasteiger partial charge in [-0.05, 0) is 37.5 Å². The number of carbonyl (C=O) groups excluding carboxylic acids is 1. The summed E-state index contributed by atoms with van der Waals surface area (Å²) < 4.78 is 39.9. The van der Waals surface area contributed by atoms with Crippen LogP contribution in [0.5, 0.6) is 0 Å². The molecule has 0 unspecified atom stereocenters. The van der Waals surface area contributed by atoms with Crippen LogP contribution in [0.4, 0.5) is 19.0 Å². The number of rotatable bonds is 4. The van der Waals surface area contributed by atoms with E-state index in [0.717, 1.165) is 10.1 Å². The van der Waals surface area contributed by atoms with Gasteiger partial charge in [-0.3, -0.25) is 4.79 Å². The van der Waals surface area contributed by atoms with Crippen molar-refractivity contribution >= 4 is 17.4 Å². The Hall–Kier alpha value is -3.17. The van der Waals surface area contributed by atoms with Crippen molar-refractivity contribution in [3.63, 3.8) is 0 Å². The van der Waals surface area contributed by atoms with Gasteiger partial charge in [-0.1, -0.05) is 30.3 Å². The highest BCUT2D eigenvalue weighted by molar-refractivity contribution is 5.79. The normalized spacial score (nSPS) is 16.6. The molecule has 1 N–H and O–H groups in total. The maximum atomic E-state index is 13.1. The van der Waals surface area contributed by atoms with Gasteiger partial charge in [-0.15, -0.1) is 15.3 Å². The van der Waals surface area contributed by atoms with Crippen LogP contribution in [0.15, 0.2) is 42.5 Å². The lowest BCUT2D eigenvalue weighted by molar-refractivity contribution is -0.146. The van der Waals surface area contributed by atoms with E-state index >= 15 is 0 Å². The molecule has 0 saturated carbocycles. The number of hydrogen-bond donors (Lipinski definition) is 1. The molecule has 4 rings (SSSR count). The molecule has 1 atom stereocenters. The van der Waals surface area contributed by atoms with E-state index in [9.17, 15) is 18.0 Å². The molecule has 30 heavy (non-hydrogen) atoms. The number of fused-ring (bicyclic) bond motifs is 1. The Kier molecular flexibility index (Phi) is 5.31. The summed E-state index contributed by atoms with van der Waals surface area (Å²) in [5, 5.41) is 13.8. The van der Waals surface area contributed by atoms with Crippen LogP contribution in [0, 0.1) is 5.92 Å². The predicted molar refractivity (Wildman–Crippen MR) is 104 cm³/mol. The topological polar surface area (TPSA) is 75.4 Å². The third-order valence-electron chi connectivity index (χ3n) is 5.35. The van der Waals surface area contributed by atoms with Crippen molar-refractivity contribution in [3.8, 4) is 0 Å². The molecule has 1 aliphatic rings. The van der Waals surface area contributed by atoms with Gasteiger partial charge < -0.3 is 10.2 Å². The van der Waals surface area contributed by atoms with Crippen LogP contribution in [-0.2, 0) is 11.0 Å². The fraction of sp³-hybridized carbons (Fsp3) is 0.400. The summed E-state index contributed by atoms with van der Waals surface area (Å²) in [7, 11) is 0. The minimum absolute atomic E-state index is 0.00687. The molecule has 0 radical (unpaired) electrons. The Morgan fingerprint density at radius 1 is 1.10 bits per heavy atom. The number of hydrogen-bond acceptors (Lipinski definition) is 5. The van der Waals surface area contributed by atoms with Crippen LogP contribution >= 0.6 is 0 Å². The number of carbonyl (C=O) groups is 1. The lowest BCUT2D eigenvalue weighted by atomic mass is 9.95. The van der Waals surface area contributed by atoms with Gasteiger partial charge in [0.1, 0.15) is 5.82 Å². The summed E-state index contributed by atoms with van der Waals surface area (Å²) >= 11 is 0. The number of piperidine rings is 1. The van der Waals surface area contributed by atoms with E-state index in [0.29, 0.717) is 31.7 Å². The minimum atomic E-state index is -4.63. The molecule has 0 aliphatic carbocycles. The van der Waals surface area contributed by atoms with E-state index < -0.39 is 12.0 Å². The first kappa shape index (κ1) is 20.1. The van der Waals surface area contributed by atoms with Crippen molar-refractivity contribution in [2.24, 2.45) is 5.92 Å². The van der Waals surface area contributed by atoms with Gasteiger partial charge >= 0.3 is 6.18 Å². The van der Waals surface area contributed by atoms with Crippen molar-refractivity contribution in [1.29, 1.82) is 0 Å². The zero-order valence-electron chi connectivity index (χ0n) is 16.3. The van der Waals surface area contributed by atoms with Crippen molar-refractivity contribution in [2.45, 2.75) is 32.0 Å². The second-order valence-electron chi connectivity index (χ2n) is 7.39. The lowest BCUT2D eigenvalue weighted by Crippen LogP contribution is -2.41. The molecular weight excluding hydrogens is 397 g/mol. The molecule has 2 aromatic heterocycles. The van der Waals surface area contributed by atoms with Gasteiger partial charge in [0.15, 0.2) is 5.65 Å². The maximum absolute atomic E-state index is 13.1. The number of benzene rings is 1. The molecule has 1 fully saturated rings.